The third-order valence-corrected chi connectivity index (χ3v) is 4.50. The number of halogens is 3. The summed E-state index contributed by atoms with van der Waals surface area (Å²) >= 11 is 18.0. The lowest BCUT2D eigenvalue weighted by Gasteiger charge is -2.04. The molecule has 28 heavy (non-hydrogen) atoms. The number of nitrogens with one attached hydrogen (secondary N) is 1. The molecule has 0 saturated heterocycles. The number of furan rings is 1. The van der Waals surface area contributed by atoms with Crippen LogP contribution in [0.3, 0.4) is 0 Å². The van der Waals surface area contributed by atoms with Crippen LogP contribution in [0.2, 0.25) is 15.1 Å². The third-order valence-electron chi connectivity index (χ3n) is 3.64. The van der Waals surface area contributed by atoms with Crippen LogP contribution in [-0.2, 0) is 4.79 Å². The van der Waals surface area contributed by atoms with Crippen LogP contribution in [0.4, 0.5) is 11.4 Å². The molecule has 6 nitrogen and oxygen atoms in total. The second-order valence-electron chi connectivity index (χ2n) is 5.57. The van der Waals surface area contributed by atoms with Crippen molar-refractivity contribution in [2.75, 3.05) is 5.32 Å². The number of non-ortho nitro benzene ring substituents is 1. The van der Waals surface area contributed by atoms with Crippen molar-refractivity contribution in [1.82, 2.24) is 0 Å². The number of amides is 1. The van der Waals surface area contributed by atoms with Crippen LogP contribution in [-0.4, -0.2) is 10.8 Å². The predicted octanol–water partition coefficient (Wildman–Crippen LogP) is 6.47. The van der Waals surface area contributed by atoms with Crippen LogP contribution >= 0.6 is 34.8 Å². The fourth-order valence-corrected chi connectivity index (χ4v) is 3.05. The SMILES string of the molecule is O=C(/C=C/c1ccc(-c2ccc(Cl)cc2Cl)o1)Nc1ccc([N+](=O)[O-])cc1Cl. The van der Waals surface area contributed by atoms with Crippen LogP contribution in [0.5, 0.6) is 0 Å². The van der Waals surface area contributed by atoms with Gasteiger partial charge in [-0.3, -0.25) is 14.9 Å². The summed E-state index contributed by atoms with van der Waals surface area (Å²) in [6.45, 7) is 0. The molecule has 0 radical (unpaired) electrons. The zero-order valence-corrected chi connectivity index (χ0v) is 16.3. The van der Waals surface area contributed by atoms with Gasteiger partial charge in [-0.05, 0) is 42.5 Å². The Morgan fingerprint density at radius 3 is 2.50 bits per heavy atom. The highest BCUT2D eigenvalue weighted by Gasteiger charge is 2.11. The molecule has 0 aliphatic heterocycles. The molecule has 1 aromatic heterocycles. The predicted molar refractivity (Wildman–Crippen MR) is 110 cm³/mol. The maximum atomic E-state index is 12.1. The van der Waals surface area contributed by atoms with E-state index in [1.165, 1.54) is 24.3 Å². The monoisotopic (exact) mass is 436 g/mol. The first-order valence-electron chi connectivity index (χ1n) is 7.82. The van der Waals surface area contributed by atoms with Gasteiger partial charge < -0.3 is 9.73 Å². The van der Waals surface area contributed by atoms with Crippen molar-refractivity contribution in [2.24, 2.45) is 0 Å². The summed E-state index contributed by atoms with van der Waals surface area (Å²) in [5.41, 5.74) is 0.769. The van der Waals surface area contributed by atoms with Crippen LogP contribution in [0.1, 0.15) is 5.76 Å². The molecule has 0 spiro atoms. The lowest BCUT2D eigenvalue weighted by molar-refractivity contribution is -0.384. The molecule has 142 valence electrons. The van der Waals surface area contributed by atoms with E-state index in [2.05, 4.69) is 5.32 Å². The van der Waals surface area contributed by atoms with Gasteiger partial charge in [-0.2, -0.15) is 0 Å². The molecule has 0 atom stereocenters. The van der Waals surface area contributed by atoms with Crippen molar-refractivity contribution in [3.8, 4) is 11.3 Å². The lowest BCUT2D eigenvalue weighted by Crippen LogP contribution is -2.08. The number of nitro groups is 1. The molecular formula is C19H11Cl3N2O4. The van der Waals surface area contributed by atoms with E-state index in [4.69, 9.17) is 39.2 Å². The molecule has 3 aromatic rings. The molecule has 1 heterocycles. The molecule has 1 amide bonds. The van der Waals surface area contributed by atoms with E-state index in [0.29, 0.717) is 27.1 Å². The van der Waals surface area contributed by atoms with E-state index in [0.717, 1.165) is 6.07 Å². The van der Waals surface area contributed by atoms with Gasteiger partial charge in [0.2, 0.25) is 5.91 Å². The van der Waals surface area contributed by atoms with E-state index in [1.807, 2.05) is 0 Å². The molecule has 0 aliphatic carbocycles. The van der Waals surface area contributed by atoms with Gasteiger partial charge >= 0.3 is 0 Å². The molecule has 3 rings (SSSR count). The second-order valence-corrected chi connectivity index (χ2v) is 6.82. The molecule has 0 bridgehead atoms. The summed E-state index contributed by atoms with van der Waals surface area (Å²) in [6, 6.07) is 12.2. The lowest BCUT2D eigenvalue weighted by atomic mass is 10.2. The van der Waals surface area contributed by atoms with Gasteiger partial charge in [0.25, 0.3) is 5.69 Å². The quantitative estimate of drug-likeness (QED) is 0.282. The average molecular weight is 438 g/mol. The number of rotatable bonds is 5. The Kier molecular flexibility index (Phi) is 6.04. The molecule has 0 fully saturated rings. The Hall–Kier alpha value is -2.80. The number of benzene rings is 2. The number of hydrogen-bond donors (Lipinski definition) is 1. The van der Waals surface area contributed by atoms with Crippen molar-refractivity contribution >= 4 is 58.2 Å². The Labute approximate surface area is 174 Å². The van der Waals surface area contributed by atoms with Gasteiger partial charge in [0.15, 0.2) is 0 Å². The fraction of sp³-hybridized carbons (Fsp3) is 0. The molecule has 0 aliphatic rings. The standard InChI is InChI=1S/C19H11Cl3N2O4/c20-11-1-5-14(15(21)9-11)18-7-3-13(28-18)4-8-19(25)23-17-6-2-12(24(26)27)10-16(17)22/h1-10H,(H,23,25)/b8-4+. The molecule has 1 N–H and O–H groups in total. The highest BCUT2D eigenvalue weighted by molar-refractivity contribution is 6.36. The number of carbonyl (C=O) groups excluding carboxylic acids is 1. The van der Waals surface area contributed by atoms with Crippen molar-refractivity contribution in [3.63, 3.8) is 0 Å². The van der Waals surface area contributed by atoms with E-state index in [9.17, 15) is 14.9 Å². The first kappa shape index (κ1) is 19.9. The molecule has 0 saturated carbocycles. The number of nitrogens with zero attached hydrogens (tertiary/aromatic N) is 1. The maximum Gasteiger partial charge on any atom is 0.271 e. The van der Waals surface area contributed by atoms with E-state index in [-0.39, 0.29) is 16.4 Å². The average Bonchev–Trinajstić information content (AvgIpc) is 3.10. The smallest absolute Gasteiger partial charge is 0.271 e. The largest absolute Gasteiger partial charge is 0.457 e. The normalized spacial score (nSPS) is 11.0. The number of carbonyl (C=O) groups is 1. The second kappa shape index (κ2) is 8.48. The third kappa shape index (κ3) is 4.72. The van der Waals surface area contributed by atoms with Gasteiger partial charge in [-0.25, -0.2) is 0 Å². The Morgan fingerprint density at radius 2 is 1.82 bits per heavy atom. The van der Waals surface area contributed by atoms with Crippen LogP contribution in [0.25, 0.3) is 17.4 Å². The molecule has 0 unspecified atom stereocenters. The van der Waals surface area contributed by atoms with Crippen molar-refractivity contribution < 1.29 is 14.1 Å². The number of anilines is 1. The van der Waals surface area contributed by atoms with Gasteiger partial charge in [0.05, 0.1) is 20.7 Å². The van der Waals surface area contributed by atoms with Crippen LogP contribution < -0.4 is 5.32 Å². The molecule has 2 aromatic carbocycles. The van der Waals surface area contributed by atoms with Crippen LogP contribution in [0.15, 0.2) is 59.0 Å². The van der Waals surface area contributed by atoms with Crippen LogP contribution in [0, 0.1) is 10.1 Å². The zero-order chi connectivity index (χ0) is 20.3. The minimum atomic E-state index is -0.571. The van der Waals surface area contributed by atoms with Crippen molar-refractivity contribution in [2.45, 2.75) is 0 Å². The van der Waals surface area contributed by atoms with Gasteiger partial charge in [-0.15, -0.1) is 0 Å². The summed E-state index contributed by atoms with van der Waals surface area (Å²) in [7, 11) is 0. The Balaban J connectivity index is 1.70. The van der Waals surface area contributed by atoms with E-state index >= 15 is 0 Å². The van der Waals surface area contributed by atoms with Crippen molar-refractivity contribution in [3.05, 3.63) is 85.5 Å². The maximum absolute atomic E-state index is 12.1. The summed E-state index contributed by atoms with van der Waals surface area (Å²) in [6.07, 6.45) is 2.73. The summed E-state index contributed by atoms with van der Waals surface area (Å²) in [4.78, 5) is 22.2. The fourth-order valence-electron chi connectivity index (χ4n) is 2.33. The summed E-state index contributed by atoms with van der Waals surface area (Å²) < 4.78 is 5.66. The Morgan fingerprint density at radius 1 is 1.04 bits per heavy atom. The topological polar surface area (TPSA) is 85.4 Å². The Bertz CT molecular complexity index is 1090. The highest BCUT2D eigenvalue weighted by atomic mass is 35.5. The molecular weight excluding hydrogens is 427 g/mol. The van der Waals surface area contributed by atoms with Crippen molar-refractivity contribution in [1.29, 1.82) is 0 Å². The first-order chi connectivity index (χ1) is 13.3. The molecule has 9 heteroatoms. The zero-order valence-electron chi connectivity index (χ0n) is 14.0. The minimum absolute atomic E-state index is 0.0635. The summed E-state index contributed by atoms with van der Waals surface area (Å²) in [5.74, 6) is 0.490. The minimum Gasteiger partial charge on any atom is -0.457 e. The number of hydrogen-bond acceptors (Lipinski definition) is 4. The highest BCUT2D eigenvalue weighted by Crippen LogP contribution is 2.32. The van der Waals surface area contributed by atoms with Gasteiger partial charge in [0.1, 0.15) is 11.5 Å². The van der Waals surface area contributed by atoms with Gasteiger partial charge in [-0.1, -0.05) is 34.8 Å². The first-order valence-corrected chi connectivity index (χ1v) is 8.95. The van der Waals surface area contributed by atoms with E-state index < -0.39 is 10.8 Å². The van der Waals surface area contributed by atoms with Gasteiger partial charge in [0, 0.05) is 28.8 Å². The number of nitro benzene ring substituents is 1. The van der Waals surface area contributed by atoms with E-state index in [1.54, 1.807) is 30.3 Å². The summed E-state index contributed by atoms with van der Waals surface area (Å²) in [5, 5.41) is 14.3.